The van der Waals surface area contributed by atoms with Crippen molar-refractivity contribution >= 4 is 23.9 Å². The van der Waals surface area contributed by atoms with Gasteiger partial charge in [-0.25, -0.2) is 0 Å². The summed E-state index contributed by atoms with van der Waals surface area (Å²) in [6.07, 6.45) is 1.65. The van der Waals surface area contributed by atoms with Crippen molar-refractivity contribution in [3.8, 4) is 11.5 Å². The van der Waals surface area contributed by atoms with Crippen LogP contribution in [0.4, 0.5) is 0 Å². The molecule has 0 unspecified atom stereocenters. The summed E-state index contributed by atoms with van der Waals surface area (Å²) < 4.78 is 22.2. The van der Waals surface area contributed by atoms with Gasteiger partial charge in [0.15, 0.2) is 5.78 Å². The zero-order valence-corrected chi connectivity index (χ0v) is 22.5. The number of cyclic esters (lactones) is 2. The van der Waals surface area contributed by atoms with E-state index in [2.05, 4.69) is 5.10 Å². The number of ether oxygens (including phenoxy) is 4. The molecule has 9 nitrogen and oxygen atoms in total. The molecule has 0 N–H and O–H groups in total. The summed E-state index contributed by atoms with van der Waals surface area (Å²) in [5.74, 6) is -3.13. The van der Waals surface area contributed by atoms with Crippen LogP contribution in [-0.2, 0) is 19.1 Å². The van der Waals surface area contributed by atoms with E-state index >= 15 is 0 Å². The molecular weight excluding hydrogens is 512 g/mol. The first-order chi connectivity index (χ1) is 19.2. The maximum absolute atomic E-state index is 14.4. The Morgan fingerprint density at radius 1 is 0.850 bits per heavy atom. The molecule has 2 fully saturated rings. The normalized spacial score (nSPS) is 23.6. The topological polar surface area (TPSA) is 104 Å². The van der Waals surface area contributed by atoms with Gasteiger partial charge in [0.2, 0.25) is 5.41 Å². The summed E-state index contributed by atoms with van der Waals surface area (Å²) in [4.78, 5) is 42.9. The van der Waals surface area contributed by atoms with E-state index in [1.54, 1.807) is 74.0 Å². The molecule has 40 heavy (non-hydrogen) atoms. The van der Waals surface area contributed by atoms with E-state index < -0.39 is 41.1 Å². The molecule has 3 aliphatic rings. The van der Waals surface area contributed by atoms with Gasteiger partial charge in [0, 0.05) is 25.3 Å². The minimum Gasteiger partial charge on any atom is -0.497 e. The predicted octanol–water partition coefficient (Wildman–Crippen LogP) is 4.27. The maximum Gasteiger partial charge on any atom is 0.330 e. The van der Waals surface area contributed by atoms with Crippen LogP contribution in [0.5, 0.6) is 11.5 Å². The lowest BCUT2D eigenvalue weighted by Gasteiger charge is -2.44. The van der Waals surface area contributed by atoms with Crippen LogP contribution in [0.15, 0.2) is 77.9 Å². The van der Waals surface area contributed by atoms with Crippen LogP contribution >= 0.6 is 0 Å². The lowest BCUT2D eigenvalue weighted by atomic mass is 9.65. The van der Waals surface area contributed by atoms with Crippen molar-refractivity contribution in [2.24, 2.45) is 10.5 Å². The van der Waals surface area contributed by atoms with Crippen LogP contribution in [0.2, 0.25) is 0 Å². The first kappa shape index (κ1) is 25.6. The quantitative estimate of drug-likeness (QED) is 0.269. The Morgan fingerprint density at radius 3 is 2.02 bits per heavy atom. The fraction of sp³-hybridized carbons (Fsp3) is 0.290. The summed E-state index contributed by atoms with van der Waals surface area (Å²) in [5.41, 5.74) is 0.440. The van der Waals surface area contributed by atoms with E-state index in [-0.39, 0.29) is 5.78 Å². The first-order valence-electron chi connectivity index (χ1n) is 12.9. The van der Waals surface area contributed by atoms with E-state index in [9.17, 15) is 14.4 Å². The second-order valence-electron chi connectivity index (χ2n) is 10.5. The standard InChI is InChI=1S/C31H28N2O7/c1-30(2)39-28(35)31(29(36)40-30)24(18-9-13-21(37-3)14-10-18)25(26(34)19-11-15-22(38-4)16-12-19)33-27(31)23-8-6-5-7-20(23)17-32-33/h5-17,24-25,27H,1-4H3/t24-,25+,27+/m1/s1. The molecule has 0 aromatic heterocycles. The van der Waals surface area contributed by atoms with Gasteiger partial charge in [0.25, 0.3) is 5.79 Å². The number of hydrogen-bond acceptors (Lipinski definition) is 9. The van der Waals surface area contributed by atoms with Gasteiger partial charge < -0.3 is 18.9 Å². The van der Waals surface area contributed by atoms with Gasteiger partial charge >= 0.3 is 11.9 Å². The summed E-state index contributed by atoms with van der Waals surface area (Å²) in [6.45, 7) is 3.02. The number of carbonyl (C=O) groups excluding carboxylic acids is 3. The molecule has 0 amide bonds. The van der Waals surface area contributed by atoms with E-state index in [4.69, 9.17) is 18.9 Å². The molecule has 3 aliphatic heterocycles. The summed E-state index contributed by atoms with van der Waals surface area (Å²) in [6, 6.07) is 19.1. The molecule has 9 heteroatoms. The number of esters is 2. The molecule has 3 atom stereocenters. The van der Waals surface area contributed by atoms with E-state index in [0.29, 0.717) is 28.2 Å². The second kappa shape index (κ2) is 9.22. The van der Waals surface area contributed by atoms with Crippen LogP contribution in [0, 0.1) is 5.41 Å². The van der Waals surface area contributed by atoms with Crippen molar-refractivity contribution in [3.63, 3.8) is 0 Å². The third kappa shape index (κ3) is 3.68. The molecule has 3 aromatic rings. The largest absolute Gasteiger partial charge is 0.497 e. The van der Waals surface area contributed by atoms with E-state index in [0.717, 1.165) is 5.56 Å². The minimum absolute atomic E-state index is 0.313. The Morgan fingerprint density at radius 2 is 1.43 bits per heavy atom. The third-order valence-electron chi connectivity index (χ3n) is 7.88. The maximum atomic E-state index is 14.4. The van der Waals surface area contributed by atoms with Crippen molar-refractivity contribution in [2.75, 3.05) is 14.2 Å². The van der Waals surface area contributed by atoms with Crippen molar-refractivity contribution in [2.45, 2.75) is 37.6 Å². The van der Waals surface area contributed by atoms with Crippen LogP contribution in [0.1, 0.15) is 52.9 Å². The fourth-order valence-corrected chi connectivity index (χ4v) is 6.12. The van der Waals surface area contributed by atoms with Gasteiger partial charge in [0.1, 0.15) is 23.6 Å². The highest BCUT2D eigenvalue weighted by Crippen LogP contribution is 2.63. The Labute approximate surface area is 231 Å². The zero-order valence-electron chi connectivity index (χ0n) is 22.5. The lowest BCUT2D eigenvalue weighted by molar-refractivity contribution is -0.254. The SMILES string of the molecule is COc1ccc(C(=O)[C@@H]2[C@@H](c3ccc(OC)cc3)C3(C(=O)OC(C)(C)OC3=O)[C@@H]3c4ccccc4C=NN23)cc1. The molecule has 3 aromatic carbocycles. The number of nitrogens with zero attached hydrogens (tertiary/aromatic N) is 2. The summed E-state index contributed by atoms with van der Waals surface area (Å²) in [5, 5.41) is 6.26. The molecule has 1 spiro atoms. The minimum atomic E-state index is -1.93. The van der Waals surface area contributed by atoms with Gasteiger partial charge in [-0.3, -0.25) is 19.4 Å². The number of hydrazone groups is 1. The van der Waals surface area contributed by atoms with Crippen molar-refractivity contribution in [3.05, 3.63) is 95.1 Å². The molecule has 0 aliphatic carbocycles. The van der Waals surface area contributed by atoms with Crippen LogP contribution in [0.3, 0.4) is 0 Å². The predicted molar refractivity (Wildman–Crippen MR) is 144 cm³/mol. The van der Waals surface area contributed by atoms with E-state index in [1.807, 2.05) is 24.3 Å². The summed E-state index contributed by atoms with van der Waals surface area (Å²) >= 11 is 0. The fourth-order valence-electron chi connectivity index (χ4n) is 6.12. The van der Waals surface area contributed by atoms with Gasteiger partial charge in [-0.1, -0.05) is 36.4 Å². The summed E-state index contributed by atoms with van der Waals surface area (Å²) in [7, 11) is 3.09. The van der Waals surface area contributed by atoms with Crippen LogP contribution in [0.25, 0.3) is 0 Å². The lowest BCUT2D eigenvalue weighted by Crippen LogP contribution is -2.58. The Kier molecular flexibility index (Phi) is 5.90. The number of Topliss-reactive ketones (excluding diaryl/α,β-unsaturated/α-hetero) is 1. The molecule has 0 bridgehead atoms. The molecular formula is C31H28N2O7. The van der Waals surface area contributed by atoms with Crippen molar-refractivity contribution in [1.29, 1.82) is 0 Å². The molecule has 0 saturated carbocycles. The van der Waals surface area contributed by atoms with Gasteiger partial charge in [-0.2, -0.15) is 5.10 Å². The molecule has 204 valence electrons. The molecule has 0 radical (unpaired) electrons. The monoisotopic (exact) mass is 540 g/mol. The number of carbonyl (C=O) groups is 3. The number of hydrogen-bond donors (Lipinski definition) is 0. The Bertz CT molecular complexity index is 1510. The number of benzene rings is 3. The Hall–Kier alpha value is -4.66. The number of fused-ring (bicyclic) bond motifs is 4. The second-order valence-corrected chi connectivity index (χ2v) is 10.5. The Balaban J connectivity index is 1.62. The number of methoxy groups -OCH3 is 2. The average molecular weight is 541 g/mol. The van der Waals surface area contributed by atoms with Crippen LogP contribution < -0.4 is 9.47 Å². The van der Waals surface area contributed by atoms with Crippen molar-refractivity contribution in [1.82, 2.24) is 5.01 Å². The average Bonchev–Trinajstić information content (AvgIpc) is 3.28. The highest BCUT2D eigenvalue weighted by Gasteiger charge is 2.75. The third-order valence-corrected chi connectivity index (χ3v) is 7.88. The first-order valence-corrected chi connectivity index (χ1v) is 12.9. The highest BCUT2D eigenvalue weighted by atomic mass is 16.7. The van der Waals surface area contributed by atoms with Crippen LogP contribution in [-0.4, -0.2) is 55.0 Å². The molecule has 2 saturated heterocycles. The molecule has 3 heterocycles. The highest BCUT2D eigenvalue weighted by molar-refractivity contribution is 6.09. The number of rotatable bonds is 5. The molecule has 6 rings (SSSR count). The zero-order chi connectivity index (χ0) is 28.2. The van der Waals surface area contributed by atoms with Gasteiger partial charge in [-0.15, -0.1) is 0 Å². The van der Waals surface area contributed by atoms with Crippen molar-refractivity contribution < 1.29 is 33.3 Å². The number of ketones is 1. The smallest absolute Gasteiger partial charge is 0.330 e. The van der Waals surface area contributed by atoms with Gasteiger partial charge in [0.05, 0.1) is 20.4 Å². The van der Waals surface area contributed by atoms with Gasteiger partial charge in [-0.05, 0) is 53.1 Å². The van der Waals surface area contributed by atoms with E-state index in [1.165, 1.54) is 13.8 Å².